The number of nitrogens with one attached hydrogen (secondary N) is 2. The summed E-state index contributed by atoms with van der Waals surface area (Å²) in [6.07, 6.45) is 0. The second-order valence-corrected chi connectivity index (χ2v) is 10.4. The van der Waals surface area contributed by atoms with E-state index in [-0.39, 0.29) is 22.6 Å². The van der Waals surface area contributed by atoms with Gasteiger partial charge in [-0.25, -0.2) is 8.42 Å². The Bertz CT molecular complexity index is 1230. The van der Waals surface area contributed by atoms with E-state index in [1.165, 1.54) is 12.1 Å². The lowest BCUT2D eigenvalue weighted by atomic mass is 10.1. The van der Waals surface area contributed by atoms with Crippen molar-refractivity contribution in [3.8, 4) is 0 Å². The van der Waals surface area contributed by atoms with E-state index >= 15 is 0 Å². The molecule has 3 heterocycles. The molecule has 1 fully saturated rings. The number of anilines is 2. The Balaban J connectivity index is 1.31. The van der Waals surface area contributed by atoms with Crippen molar-refractivity contribution in [2.75, 3.05) is 42.8 Å². The van der Waals surface area contributed by atoms with E-state index in [1.54, 1.807) is 47.5 Å². The number of carbonyl (C=O) groups is 2. The molecule has 2 N–H and O–H groups in total. The quantitative estimate of drug-likeness (QED) is 0.521. The first-order valence-electron chi connectivity index (χ1n) is 10.2. The fraction of sp³-hybridized carbons (Fsp3) is 0.286. The molecule has 0 saturated carbocycles. The zero-order valence-corrected chi connectivity index (χ0v) is 19.5. The number of aromatic nitrogens is 1. The van der Waals surface area contributed by atoms with E-state index < -0.39 is 10.0 Å². The molecule has 0 atom stereocenters. The van der Waals surface area contributed by atoms with Crippen LogP contribution in [0.4, 0.5) is 11.5 Å². The Kier molecular flexibility index (Phi) is 6.77. The van der Waals surface area contributed by atoms with E-state index in [0.717, 1.165) is 11.3 Å². The lowest BCUT2D eigenvalue weighted by Crippen LogP contribution is -2.50. The van der Waals surface area contributed by atoms with Crippen molar-refractivity contribution in [2.45, 2.75) is 11.1 Å². The van der Waals surface area contributed by atoms with Crippen LogP contribution in [0, 0.1) is 6.92 Å². The van der Waals surface area contributed by atoms with Crippen molar-refractivity contribution in [3.05, 3.63) is 59.2 Å². The summed E-state index contributed by atoms with van der Waals surface area (Å²) in [6.45, 7) is 3.94. The Morgan fingerprint density at radius 1 is 1.12 bits per heavy atom. The number of carbonyl (C=O) groups excluding carboxylic acids is 2. The lowest BCUT2D eigenvalue weighted by molar-refractivity contribution is -0.117. The molecule has 0 spiro atoms. The molecule has 1 aliphatic rings. The van der Waals surface area contributed by atoms with Gasteiger partial charge in [0.15, 0.2) is 5.82 Å². The van der Waals surface area contributed by atoms with Crippen molar-refractivity contribution in [3.63, 3.8) is 0 Å². The van der Waals surface area contributed by atoms with Crippen LogP contribution in [0.25, 0.3) is 0 Å². The molecule has 2 amide bonds. The molecule has 1 saturated heterocycles. The van der Waals surface area contributed by atoms with Crippen molar-refractivity contribution >= 4 is 44.7 Å². The number of rotatable bonds is 7. The Morgan fingerprint density at radius 2 is 1.91 bits per heavy atom. The number of aryl methyl sites for hydroxylation is 1. The summed E-state index contributed by atoms with van der Waals surface area (Å²) in [7, 11) is -3.69. The van der Waals surface area contributed by atoms with Crippen LogP contribution < -0.4 is 10.0 Å². The topological polar surface area (TPSA) is 125 Å². The molecule has 1 aromatic carbocycles. The van der Waals surface area contributed by atoms with Gasteiger partial charge in [-0.15, -0.1) is 11.3 Å². The predicted octanol–water partition coefficient (Wildman–Crippen LogP) is 2.24. The smallest absolute Gasteiger partial charge is 0.271 e. The highest BCUT2D eigenvalue weighted by molar-refractivity contribution is 7.94. The van der Waals surface area contributed by atoms with Gasteiger partial charge < -0.3 is 14.7 Å². The van der Waals surface area contributed by atoms with Gasteiger partial charge in [0.05, 0.1) is 6.54 Å². The van der Waals surface area contributed by atoms with Gasteiger partial charge in [-0.1, -0.05) is 17.3 Å². The number of nitrogens with zero attached hydrogens (tertiary/aromatic N) is 3. The van der Waals surface area contributed by atoms with E-state index in [1.807, 2.05) is 4.90 Å². The second-order valence-electron chi connectivity index (χ2n) is 7.56. The fourth-order valence-electron chi connectivity index (χ4n) is 3.44. The highest BCUT2D eigenvalue weighted by atomic mass is 32.2. The summed E-state index contributed by atoms with van der Waals surface area (Å²) in [6, 6.07) is 11.3. The molecule has 1 aliphatic heterocycles. The summed E-state index contributed by atoms with van der Waals surface area (Å²) in [5.74, 6) is 0.602. The first-order valence-corrected chi connectivity index (χ1v) is 12.6. The largest absolute Gasteiger partial charge is 0.360 e. The van der Waals surface area contributed by atoms with Crippen LogP contribution in [0.1, 0.15) is 16.1 Å². The molecular formula is C21H23N5O5S2. The molecule has 3 aromatic rings. The van der Waals surface area contributed by atoms with Gasteiger partial charge in [0, 0.05) is 43.5 Å². The summed E-state index contributed by atoms with van der Waals surface area (Å²) >= 11 is 1.12. The summed E-state index contributed by atoms with van der Waals surface area (Å²) in [4.78, 5) is 28.8. The molecule has 0 aliphatic carbocycles. The average Bonchev–Trinajstić information content (AvgIpc) is 3.46. The maximum absolute atomic E-state index is 13.0. The number of hydrogen-bond acceptors (Lipinski definition) is 8. The molecule has 2 aromatic heterocycles. The number of thiophene rings is 1. The monoisotopic (exact) mass is 489 g/mol. The minimum atomic E-state index is -3.69. The number of sulfonamides is 1. The highest BCUT2D eigenvalue weighted by Gasteiger charge is 2.24. The highest BCUT2D eigenvalue weighted by Crippen LogP contribution is 2.21. The van der Waals surface area contributed by atoms with Gasteiger partial charge >= 0.3 is 0 Å². The zero-order valence-electron chi connectivity index (χ0n) is 17.9. The molecule has 0 radical (unpaired) electrons. The van der Waals surface area contributed by atoms with Gasteiger partial charge in [-0.2, -0.15) is 0 Å². The van der Waals surface area contributed by atoms with Gasteiger partial charge in [0.25, 0.3) is 15.9 Å². The Labute approximate surface area is 195 Å². The minimum Gasteiger partial charge on any atom is -0.360 e. The van der Waals surface area contributed by atoms with Crippen LogP contribution in [0.15, 0.2) is 56.6 Å². The van der Waals surface area contributed by atoms with Crippen LogP contribution in [-0.2, 0) is 14.8 Å². The molecule has 10 nitrogen and oxygen atoms in total. The number of hydrogen-bond donors (Lipinski definition) is 2. The van der Waals surface area contributed by atoms with Gasteiger partial charge in [0.2, 0.25) is 5.91 Å². The van der Waals surface area contributed by atoms with E-state index in [9.17, 15) is 18.0 Å². The SMILES string of the molecule is Cc1cc(NC(=O)CN2CCN(C(=O)c3cccc(NS(=O)(=O)c4cccs4)c3)CC2)no1. The van der Waals surface area contributed by atoms with Gasteiger partial charge in [-0.3, -0.25) is 19.2 Å². The van der Waals surface area contributed by atoms with Crippen molar-refractivity contribution in [1.82, 2.24) is 15.0 Å². The molecule has 4 rings (SSSR count). The fourth-order valence-corrected chi connectivity index (χ4v) is 5.48. The van der Waals surface area contributed by atoms with Crippen LogP contribution in [0.2, 0.25) is 0 Å². The molecule has 0 unspecified atom stereocenters. The molecule has 174 valence electrons. The summed E-state index contributed by atoms with van der Waals surface area (Å²) < 4.78 is 32.5. The van der Waals surface area contributed by atoms with E-state index in [2.05, 4.69) is 15.2 Å². The second kappa shape index (κ2) is 9.73. The third kappa shape index (κ3) is 5.78. The number of benzene rings is 1. The third-order valence-electron chi connectivity index (χ3n) is 5.04. The molecule has 0 bridgehead atoms. The van der Waals surface area contributed by atoms with Gasteiger partial charge in [0.1, 0.15) is 9.97 Å². The first-order chi connectivity index (χ1) is 15.8. The van der Waals surface area contributed by atoms with Crippen LogP contribution >= 0.6 is 11.3 Å². The van der Waals surface area contributed by atoms with Crippen LogP contribution in [0.5, 0.6) is 0 Å². The maximum atomic E-state index is 13.0. The van der Waals surface area contributed by atoms with Crippen molar-refractivity contribution in [2.24, 2.45) is 0 Å². The maximum Gasteiger partial charge on any atom is 0.271 e. The van der Waals surface area contributed by atoms with E-state index in [0.29, 0.717) is 49.0 Å². The first kappa shape index (κ1) is 23.0. The van der Waals surface area contributed by atoms with Crippen LogP contribution in [-0.4, -0.2) is 67.9 Å². The lowest BCUT2D eigenvalue weighted by Gasteiger charge is -2.34. The number of amides is 2. The summed E-state index contributed by atoms with van der Waals surface area (Å²) in [5.41, 5.74) is 0.724. The Hall–Kier alpha value is -3.22. The number of piperazine rings is 1. The standard InChI is InChI=1S/C21H23N5O5S2/c1-15-12-18(23-31-15)22-19(27)14-25-7-9-26(10-8-25)21(28)16-4-2-5-17(13-16)24-33(29,30)20-6-3-11-32-20/h2-6,11-13,24H,7-10,14H2,1H3,(H,22,23,27). The zero-order chi connectivity index (χ0) is 23.4. The van der Waals surface area contributed by atoms with Gasteiger partial charge in [-0.05, 0) is 36.6 Å². The Morgan fingerprint density at radius 3 is 2.58 bits per heavy atom. The average molecular weight is 490 g/mol. The predicted molar refractivity (Wildman–Crippen MR) is 124 cm³/mol. The minimum absolute atomic E-state index is 0.186. The molecule has 12 heteroatoms. The van der Waals surface area contributed by atoms with Crippen LogP contribution in [0.3, 0.4) is 0 Å². The molecule has 33 heavy (non-hydrogen) atoms. The normalized spacial score (nSPS) is 14.8. The van der Waals surface area contributed by atoms with E-state index in [4.69, 9.17) is 4.52 Å². The van der Waals surface area contributed by atoms with Crippen molar-refractivity contribution in [1.29, 1.82) is 0 Å². The summed E-state index contributed by atoms with van der Waals surface area (Å²) in [5, 5.41) is 8.11. The third-order valence-corrected chi connectivity index (χ3v) is 7.82. The molecular weight excluding hydrogens is 466 g/mol. The van der Waals surface area contributed by atoms with Crippen molar-refractivity contribution < 1.29 is 22.5 Å².